The fourth-order valence-corrected chi connectivity index (χ4v) is 6.48. The van der Waals surface area contributed by atoms with Crippen molar-refractivity contribution in [3.63, 3.8) is 0 Å². The maximum absolute atomic E-state index is 12.8. The lowest BCUT2D eigenvalue weighted by Gasteiger charge is -2.26. The molecule has 0 aromatic heterocycles. The summed E-state index contributed by atoms with van der Waals surface area (Å²) >= 11 is 0. The molecule has 0 N–H and O–H groups in total. The Morgan fingerprint density at radius 3 is 1.14 bits per heavy atom. The van der Waals surface area contributed by atoms with Gasteiger partial charge in [-0.2, -0.15) is 0 Å². The minimum atomic E-state index is -1.64. The van der Waals surface area contributed by atoms with E-state index in [2.05, 4.69) is 160 Å². The molecule has 9 nitrogen and oxygen atoms in total. The van der Waals surface area contributed by atoms with Gasteiger partial charge in [0.05, 0.1) is 40.3 Å². The molecule has 2 unspecified atom stereocenters. The molecule has 0 saturated carbocycles. The lowest BCUT2D eigenvalue weighted by molar-refractivity contribution is -0.870. The number of unbranched alkanes of at least 4 members (excludes halogenated alkanes) is 8. The number of rotatable bonds is 47. The van der Waals surface area contributed by atoms with E-state index in [1.165, 1.54) is 0 Å². The number of aliphatic carboxylic acids is 1. The number of hydrogen-bond acceptors (Lipinski definition) is 8. The van der Waals surface area contributed by atoms with Crippen molar-refractivity contribution >= 4 is 17.9 Å². The number of esters is 2. The maximum atomic E-state index is 12.8. The van der Waals surface area contributed by atoms with Gasteiger partial charge in [0.15, 0.2) is 12.4 Å². The molecule has 0 fully saturated rings. The van der Waals surface area contributed by atoms with Crippen molar-refractivity contribution in [2.75, 3.05) is 47.5 Å². The van der Waals surface area contributed by atoms with Gasteiger partial charge in [-0.05, 0) is 116 Å². The first-order chi connectivity index (χ1) is 34.6. The Balaban J connectivity index is 4.41. The van der Waals surface area contributed by atoms with Gasteiger partial charge in [0.2, 0.25) is 0 Å². The van der Waals surface area contributed by atoms with Crippen LogP contribution in [0.5, 0.6) is 0 Å². The number of likely N-dealkylation sites (N-methyl/N-ethyl adjacent to an activating group) is 1. The predicted molar refractivity (Wildman–Crippen MR) is 296 cm³/mol. The first kappa shape index (κ1) is 66.2. The highest BCUT2D eigenvalue weighted by atomic mass is 16.7. The SMILES string of the molecule is CC/C=C\C/C=C\C/C=C\C/C=C\C/C=C\C/C=C\C/C=C\C/C=C\C/C=C\CCCCCC(=O)OC(COC(=O)CCCCCCC/C=C\C/C=C\C/C=C\CC)COC(OCC[N+](C)(C)C)C(=O)[O-]. The third-order valence-electron chi connectivity index (χ3n) is 10.6. The summed E-state index contributed by atoms with van der Waals surface area (Å²) in [6.07, 6.45) is 71.8. The number of carboxylic acids is 1. The van der Waals surface area contributed by atoms with Crippen molar-refractivity contribution in [1.29, 1.82) is 0 Å². The molecule has 398 valence electrons. The van der Waals surface area contributed by atoms with E-state index in [1.54, 1.807) is 0 Å². The van der Waals surface area contributed by atoms with Gasteiger partial charge in [-0.1, -0.05) is 185 Å². The van der Waals surface area contributed by atoms with E-state index in [-0.39, 0.29) is 32.7 Å². The molecule has 0 aliphatic rings. The van der Waals surface area contributed by atoms with E-state index >= 15 is 0 Å². The zero-order valence-corrected chi connectivity index (χ0v) is 45.0. The van der Waals surface area contributed by atoms with Crippen LogP contribution in [0.25, 0.3) is 0 Å². The lowest BCUT2D eigenvalue weighted by Crippen LogP contribution is -2.44. The minimum absolute atomic E-state index is 0.129. The van der Waals surface area contributed by atoms with E-state index in [0.717, 1.165) is 128 Å². The molecule has 71 heavy (non-hydrogen) atoms. The number of nitrogens with zero attached hydrogens (tertiary/aromatic N) is 1. The quantitative estimate of drug-likeness (QED) is 0.0195. The van der Waals surface area contributed by atoms with Crippen LogP contribution in [0.3, 0.4) is 0 Å². The molecule has 0 radical (unpaired) electrons. The fraction of sp³-hybridized carbons (Fsp3) is 0.565. The highest BCUT2D eigenvalue weighted by Gasteiger charge is 2.21. The van der Waals surface area contributed by atoms with Crippen molar-refractivity contribution in [3.8, 4) is 0 Å². The van der Waals surface area contributed by atoms with Gasteiger partial charge in [-0.25, -0.2) is 0 Å². The number of carbonyl (C=O) groups excluding carboxylic acids is 3. The van der Waals surface area contributed by atoms with Crippen LogP contribution >= 0.6 is 0 Å². The topological polar surface area (TPSA) is 111 Å². The first-order valence-corrected chi connectivity index (χ1v) is 27.0. The molecule has 0 aliphatic carbocycles. The van der Waals surface area contributed by atoms with Crippen molar-refractivity contribution < 1.29 is 42.9 Å². The summed E-state index contributed by atoms with van der Waals surface area (Å²) in [5, 5.41) is 11.7. The molecule has 9 heteroatoms. The summed E-state index contributed by atoms with van der Waals surface area (Å²) in [6, 6.07) is 0. The number of quaternary nitrogens is 1. The predicted octanol–water partition coefficient (Wildman–Crippen LogP) is 14.3. The van der Waals surface area contributed by atoms with E-state index in [9.17, 15) is 19.5 Å². The van der Waals surface area contributed by atoms with Crippen molar-refractivity contribution in [2.45, 2.75) is 180 Å². The summed E-state index contributed by atoms with van der Waals surface area (Å²) in [5.41, 5.74) is 0. The van der Waals surface area contributed by atoms with E-state index < -0.39 is 30.3 Å². The largest absolute Gasteiger partial charge is 0.545 e. The van der Waals surface area contributed by atoms with Gasteiger partial charge in [0.25, 0.3) is 0 Å². The Morgan fingerprint density at radius 1 is 0.423 bits per heavy atom. The van der Waals surface area contributed by atoms with Crippen LogP contribution in [0.15, 0.2) is 146 Å². The number of carboxylic acid groups (broad SMARTS) is 1. The molecule has 0 heterocycles. The van der Waals surface area contributed by atoms with Crippen LogP contribution in [0.1, 0.15) is 168 Å². The molecular formula is C62H97NO8. The van der Waals surface area contributed by atoms with Crippen LogP contribution in [-0.2, 0) is 33.3 Å². The summed E-state index contributed by atoms with van der Waals surface area (Å²) in [6.45, 7) is 4.42. The average molecular weight is 984 g/mol. The molecule has 0 amide bonds. The maximum Gasteiger partial charge on any atom is 0.306 e. The summed E-state index contributed by atoms with van der Waals surface area (Å²) in [7, 11) is 5.88. The molecule has 0 saturated heterocycles. The molecule has 2 atom stereocenters. The second-order valence-electron chi connectivity index (χ2n) is 18.4. The molecular weight excluding hydrogens is 887 g/mol. The highest BCUT2D eigenvalue weighted by Crippen LogP contribution is 2.12. The smallest absolute Gasteiger partial charge is 0.306 e. The van der Waals surface area contributed by atoms with Crippen LogP contribution in [0, 0.1) is 0 Å². The summed E-state index contributed by atoms with van der Waals surface area (Å²) < 4.78 is 22.6. The molecule has 0 aromatic rings. The van der Waals surface area contributed by atoms with Crippen molar-refractivity contribution in [1.82, 2.24) is 0 Å². The standard InChI is InChI=1S/C62H97NO8/c1-6-8-10-12-14-16-18-20-22-23-24-25-26-27-28-29-30-31-32-33-34-35-36-37-39-41-43-45-47-49-51-53-60(65)71-58(57-70-62(61(66)67)68-55-54-63(3,4)5)56-69-59(64)52-50-48-46-44-42-40-38-21-19-17-15-13-11-9-7-2/h8-11,14-17,20-22,24-25,27-28,30-31,33-34,36-38,41,43,58,62H,6-7,12-13,18-19,23,26,29,32,35,39-40,42,44-57H2,1-5H3/b10-8-,11-9-,16-14-,17-15-,22-20-,25-24-,28-27-,31-30-,34-33-,37-36-,38-21-,43-41-. The second-order valence-corrected chi connectivity index (χ2v) is 18.4. The van der Waals surface area contributed by atoms with Crippen LogP contribution in [-0.4, -0.2) is 82.3 Å². The zero-order valence-electron chi connectivity index (χ0n) is 45.0. The molecule has 0 aliphatic heterocycles. The van der Waals surface area contributed by atoms with Crippen LogP contribution < -0.4 is 5.11 Å². The Labute approximate surface area is 432 Å². The summed E-state index contributed by atoms with van der Waals surface area (Å²) in [5.74, 6) is -2.38. The third-order valence-corrected chi connectivity index (χ3v) is 10.6. The van der Waals surface area contributed by atoms with Gasteiger partial charge in [-0.3, -0.25) is 9.59 Å². The zero-order chi connectivity index (χ0) is 52.0. The summed E-state index contributed by atoms with van der Waals surface area (Å²) in [4.78, 5) is 37.2. The molecule has 0 rings (SSSR count). The van der Waals surface area contributed by atoms with Crippen LogP contribution in [0.2, 0.25) is 0 Å². The van der Waals surface area contributed by atoms with Gasteiger partial charge in [-0.15, -0.1) is 0 Å². The Morgan fingerprint density at radius 2 is 0.761 bits per heavy atom. The fourth-order valence-electron chi connectivity index (χ4n) is 6.48. The van der Waals surface area contributed by atoms with Gasteiger partial charge < -0.3 is 33.3 Å². The van der Waals surface area contributed by atoms with Crippen LogP contribution in [0.4, 0.5) is 0 Å². The third kappa shape index (κ3) is 52.8. The molecule has 0 spiro atoms. The molecule has 0 bridgehead atoms. The number of ether oxygens (including phenoxy) is 4. The van der Waals surface area contributed by atoms with Crippen molar-refractivity contribution in [3.05, 3.63) is 146 Å². The van der Waals surface area contributed by atoms with Gasteiger partial charge in [0, 0.05) is 12.8 Å². The first-order valence-electron chi connectivity index (χ1n) is 27.0. The lowest BCUT2D eigenvalue weighted by atomic mass is 10.1. The normalized spacial score (nSPS) is 14.0. The molecule has 0 aromatic carbocycles. The van der Waals surface area contributed by atoms with Gasteiger partial charge >= 0.3 is 11.9 Å². The van der Waals surface area contributed by atoms with E-state index in [1.807, 2.05) is 21.1 Å². The Bertz CT molecular complexity index is 1670. The minimum Gasteiger partial charge on any atom is -0.545 e. The average Bonchev–Trinajstić information content (AvgIpc) is 3.34. The highest BCUT2D eigenvalue weighted by molar-refractivity contribution is 5.70. The Kier molecular flexibility index (Phi) is 48.0. The van der Waals surface area contributed by atoms with E-state index in [0.29, 0.717) is 23.9 Å². The van der Waals surface area contributed by atoms with Gasteiger partial charge in [0.1, 0.15) is 13.2 Å². The second kappa shape index (κ2) is 51.5. The van der Waals surface area contributed by atoms with Crippen molar-refractivity contribution in [2.24, 2.45) is 0 Å². The number of carbonyl (C=O) groups is 3. The van der Waals surface area contributed by atoms with E-state index in [4.69, 9.17) is 18.9 Å². The number of hydrogen-bond donors (Lipinski definition) is 0. The Hall–Kier alpha value is -4.83. The number of allylic oxidation sites excluding steroid dienone is 24. The monoisotopic (exact) mass is 984 g/mol.